The average Bonchev–Trinajstić information content (AvgIpc) is 3.44. The third-order valence-electron chi connectivity index (χ3n) is 6.32. The molecule has 3 nitrogen and oxygen atoms in total. The van der Waals surface area contributed by atoms with E-state index in [-0.39, 0.29) is 17.1 Å². The van der Waals surface area contributed by atoms with Crippen molar-refractivity contribution in [1.82, 2.24) is 0 Å². The van der Waals surface area contributed by atoms with Crippen molar-refractivity contribution in [3.05, 3.63) is 130 Å². The van der Waals surface area contributed by atoms with Crippen LogP contribution in [0.25, 0.3) is 16.8 Å². The molecule has 6 rings (SSSR count). The SMILES string of the molecule is Cc1ccc(N(c2ccc(C=C3C(=O)c4ccccc4C3=O)s2)c2cccc3ccccc23)cc1. The second kappa shape index (κ2) is 8.49. The number of aryl methyl sites for hydroxylation is 1. The molecule has 0 amide bonds. The number of Topliss-reactive ketones (excluding diaryl/α,β-unsaturated/α-hetero) is 2. The van der Waals surface area contributed by atoms with Crippen LogP contribution < -0.4 is 4.90 Å². The smallest absolute Gasteiger partial charge is 0.197 e. The highest BCUT2D eigenvalue weighted by Gasteiger charge is 2.32. The summed E-state index contributed by atoms with van der Waals surface area (Å²) in [7, 11) is 0. The third-order valence-corrected chi connectivity index (χ3v) is 7.34. The number of carbonyl (C=O) groups excluding carboxylic acids is 2. The zero-order chi connectivity index (χ0) is 23.9. The van der Waals surface area contributed by atoms with Crippen LogP contribution >= 0.6 is 11.3 Å². The fourth-order valence-corrected chi connectivity index (χ4v) is 5.55. The van der Waals surface area contributed by atoms with Gasteiger partial charge in [0.25, 0.3) is 0 Å². The van der Waals surface area contributed by atoms with Crippen molar-refractivity contribution < 1.29 is 9.59 Å². The molecule has 0 bridgehead atoms. The van der Waals surface area contributed by atoms with E-state index in [0.29, 0.717) is 11.1 Å². The fraction of sp³-hybridized carbons (Fsp3) is 0.0323. The van der Waals surface area contributed by atoms with Gasteiger partial charge in [-0.2, -0.15) is 0 Å². The highest BCUT2D eigenvalue weighted by molar-refractivity contribution is 7.17. The first kappa shape index (κ1) is 21.3. The van der Waals surface area contributed by atoms with E-state index in [1.165, 1.54) is 10.9 Å². The molecule has 1 aromatic heterocycles. The first-order valence-corrected chi connectivity index (χ1v) is 12.3. The summed E-state index contributed by atoms with van der Waals surface area (Å²) in [5.41, 5.74) is 4.52. The van der Waals surface area contributed by atoms with Crippen LogP contribution in [0.4, 0.5) is 16.4 Å². The summed E-state index contributed by atoms with van der Waals surface area (Å²) in [4.78, 5) is 28.9. The van der Waals surface area contributed by atoms with Crippen LogP contribution in [0.1, 0.15) is 31.2 Å². The third kappa shape index (κ3) is 3.69. The molecule has 35 heavy (non-hydrogen) atoms. The van der Waals surface area contributed by atoms with Crippen molar-refractivity contribution in [2.75, 3.05) is 4.90 Å². The second-order valence-corrected chi connectivity index (χ2v) is 9.70. The predicted octanol–water partition coefficient (Wildman–Crippen LogP) is 8.14. The van der Waals surface area contributed by atoms with Gasteiger partial charge >= 0.3 is 0 Å². The topological polar surface area (TPSA) is 37.4 Å². The molecule has 1 aliphatic carbocycles. The van der Waals surface area contributed by atoms with E-state index in [0.717, 1.165) is 26.6 Å². The average molecular weight is 472 g/mol. The van der Waals surface area contributed by atoms with E-state index in [1.807, 2.05) is 12.1 Å². The summed E-state index contributed by atoms with van der Waals surface area (Å²) >= 11 is 1.56. The minimum Gasteiger partial charge on any atom is -0.301 e. The molecule has 4 heteroatoms. The Labute approximate surface area is 207 Å². The van der Waals surface area contributed by atoms with Gasteiger partial charge in [0, 0.05) is 27.1 Å². The Balaban J connectivity index is 1.46. The number of anilines is 3. The van der Waals surface area contributed by atoms with E-state index in [1.54, 1.807) is 41.7 Å². The van der Waals surface area contributed by atoms with Crippen molar-refractivity contribution in [3.63, 3.8) is 0 Å². The van der Waals surface area contributed by atoms with Crippen LogP contribution in [0.3, 0.4) is 0 Å². The largest absolute Gasteiger partial charge is 0.301 e. The van der Waals surface area contributed by atoms with Gasteiger partial charge in [-0.3, -0.25) is 9.59 Å². The highest BCUT2D eigenvalue weighted by Crippen LogP contribution is 2.42. The van der Waals surface area contributed by atoms with Gasteiger partial charge in [0.2, 0.25) is 0 Å². The quantitative estimate of drug-likeness (QED) is 0.196. The monoisotopic (exact) mass is 471 g/mol. The zero-order valence-corrected chi connectivity index (χ0v) is 19.9. The molecule has 0 saturated carbocycles. The highest BCUT2D eigenvalue weighted by atomic mass is 32.1. The molecular weight excluding hydrogens is 450 g/mol. The maximum absolute atomic E-state index is 12.9. The second-order valence-electron chi connectivity index (χ2n) is 8.61. The van der Waals surface area contributed by atoms with Crippen LogP contribution in [0.15, 0.2) is 109 Å². The summed E-state index contributed by atoms with van der Waals surface area (Å²) in [5, 5.41) is 3.33. The Morgan fingerprint density at radius 1 is 0.686 bits per heavy atom. The Hall–Kier alpha value is -4.28. The lowest BCUT2D eigenvalue weighted by Gasteiger charge is -2.25. The van der Waals surface area contributed by atoms with Crippen LogP contribution in [0.2, 0.25) is 0 Å². The van der Waals surface area contributed by atoms with Crippen molar-refractivity contribution in [2.45, 2.75) is 6.92 Å². The van der Waals surface area contributed by atoms with Crippen molar-refractivity contribution in [1.29, 1.82) is 0 Å². The lowest BCUT2D eigenvalue weighted by atomic mass is 10.1. The van der Waals surface area contributed by atoms with Crippen molar-refractivity contribution in [3.8, 4) is 0 Å². The molecule has 0 radical (unpaired) electrons. The summed E-state index contributed by atoms with van der Waals surface area (Å²) in [6.07, 6.45) is 1.73. The van der Waals surface area contributed by atoms with Crippen molar-refractivity contribution in [2.24, 2.45) is 0 Å². The molecule has 0 atom stereocenters. The van der Waals surface area contributed by atoms with Crippen LogP contribution in [0, 0.1) is 6.92 Å². The Bertz CT molecular complexity index is 1600. The zero-order valence-electron chi connectivity index (χ0n) is 19.1. The fourth-order valence-electron chi connectivity index (χ4n) is 4.57. The minimum absolute atomic E-state index is 0.204. The predicted molar refractivity (Wildman–Crippen MR) is 144 cm³/mol. The number of ketones is 2. The van der Waals surface area contributed by atoms with Gasteiger partial charge in [0.1, 0.15) is 5.00 Å². The number of allylic oxidation sites excluding steroid dienone is 1. The molecule has 0 spiro atoms. The molecule has 0 aliphatic heterocycles. The minimum atomic E-state index is -0.204. The number of rotatable bonds is 4. The number of hydrogen-bond acceptors (Lipinski definition) is 4. The molecule has 4 aromatic carbocycles. The number of nitrogens with zero attached hydrogens (tertiary/aromatic N) is 1. The van der Waals surface area contributed by atoms with Gasteiger partial charge in [0.05, 0.1) is 11.3 Å². The van der Waals surface area contributed by atoms with Gasteiger partial charge in [-0.05, 0) is 48.7 Å². The molecule has 168 valence electrons. The number of benzene rings is 4. The molecule has 0 fully saturated rings. The lowest BCUT2D eigenvalue weighted by Crippen LogP contribution is -2.08. The molecule has 5 aromatic rings. The van der Waals surface area contributed by atoms with Gasteiger partial charge in [-0.25, -0.2) is 0 Å². The van der Waals surface area contributed by atoms with E-state index in [2.05, 4.69) is 78.6 Å². The summed E-state index contributed by atoms with van der Waals surface area (Å²) < 4.78 is 0. The Morgan fingerprint density at radius 3 is 2.09 bits per heavy atom. The van der Waals surface area contributed by atoms with Gasteiger partial charge in [-0.15, -0.1) is 11.3 Å². The van der Waals surface area contributed by atoms with Gasteiger partial charge < -0.3 is 4.90 Å². The van der Waals surface area contributed by atoms with E-state index < -0.39 is 0 Å². The molecule has 0 N–H and O–H groups in total. The summed E-state index contributed by atoms with van der Waals surface area (Å²) in [6.45, 7) is 2.08. The molecule has 0 saturated heterocycles. The van der Waals surface area contributed by atoms with E-state index >= 15 is 0 Å². The van der Waals surface area contributed by atoms with Gasteiger partial charge in [-0.1, -0.05) is 78.4 Å². The van der Waals surface area contributed by atoms with Crippen LogP contribution in [0.5, 0.6) is 0 Å². The van der Waals surface area contributed by atoms with Crippen LogP contribution in [-0.4, -0.2) is 11.6 Å². The number of fused-ring (bicyclic) bond motifs is 2. The lowest BCUT2D eigenvalue weighted by molar-refractivity contribution is 0.0990. The molecule has 1 aliphatic rings. The van der Waals surface area contributed by atoms with E-state index in [9.17, 15) is 9.59 Å². The Morgan fingerprint density at radius 2 is 1.34 bits per heavy atom. The standard InChI is InChI=1S/C31H21NO2S/c1-20-13-15-22(16-14-20)32(28-12-6-8-21-7-2-3-9-24(21)28)29-18-17-23(35-29)19-27-30(33)25-10-4-5-11-26(25)31(27)34/h2-19H,1H3. The normalized spacial score (nSPS) is 12.8. The maximum Gasteiger partial charge on any atom is 0.197 e. The van der Waals surface area contributed by atoms with Crippen molar-refractivity contribution >= 4 is 56.1 Å². The van der Waals surface area contributed by atoms with Gasteiger partial charge in [0.15, 0.2) is 11.6 Å². The molecular formula is C31H21NO2S. The first-order chi connectivity index (χ1) is 17.1. The number of thiophene rings is 1. The maximum atomic E-state index is 12.9. The summed E-state index contributed by atoms with van der Waals surface area (Å²) in [5.74, 6) is -0.407. The van der Waals surface area contributed by atoms with E-state index in [4.69, 9.17) is 0 Å². The number of hydrogen-bond donors (Lipinski definition) is 0. The Kier molecular flexibility index (Phi) is 5.16. The number of carbonyl (C=O) groups is 2. The van der Waals surface area contributed by atoms with Crippen LogP contribution in [-0.2, 0) is 0 Å². The molecule has 1 heterocycles. The molecule has 0 unspecified atom stereocenters. The summed E-state index contributed by atoms with van der Waals surface area (Å²) in [6, 6.07) is 34.2. The first-order valence-electron chi connectivity index (χ1n) is 11.4.